The highest BCUT2D eigenvalue weighted by atomic mass is 32.2. The third-order valence-electron chi connectivity index (χ3n) is 3.42. The average Bonchev–Trinajstić information content (AvgIpc) is 2.40. The Morgan fingerprint density at radius 3 is 2.18 bits per heavy atom. The smallest absolute Gasteiger partial charge is 0.253 e. The zero-order chi connectivity index (χ0) is 12.3. The minimum Gasteiger partial charge on any atom is -0.257 e. The Hall–Kier alpha value is -0.910. The first-order valence-corrected chi connectivity index (χ1v) is 7.44. The molecule has 1 fully saturated rings. The van der Waals surface area contributed by atoms with Crippen LogP contribution < -0.4 is 10.7 Å². The van der Waals surface area contributed by atoms with Gasteiger partial charge in [-0.2, -0.15) is 4.83 Å². The van der Waals surface area contributed by atoms with Crippen molar-refractivity contribution in [1.82, 2.24) is 4.83 Å². The second kappa shape index (κ2) is 5.16. The lowest BCUT2D eigenvalue weighted by molar-refractivity contribution is 0.443. The summed E-state index contributed by atoms with van der Waals surface area (Å²) >= 11 is 0. The van der Waals surface area contributed by atoms with Crippen molar-refractivity contribution in [2.75, 3.05) is 0 Å². The Kier molecular flexibility index (Phi) is 3.81. The van der Waals surface area contributed by atoms with Crippen LogP contribution in [0.3, 0.4) is 0 Å². The van der Waals surface area contributed by atoms with Crippen molar-refractivity contribution in [2.24, 2.45) is 5.84 Å². The van der Waals surface area contributed by atoms with Crippen molar-refractivity contribution in [3.05, 3.63) is 29.8 Å². The topological polar surface area (TPSA) is 72.2 Å². The van der Waals surface area contributed by atoms with Gasteiger partial charge in [-0.3, -0.25) is 5.84 Å². The molecular weight excluding hydrogens is 236 g/mol. The number of hydrogen-bond donors (Lipinski definition) is 2. The van der Waals surface area contributed by atoms with Crippen LogP contribution in [0.4, 0.5) is 0 Å². The SMILES string of the molecule is NNS(=O)(=O)c1ccc(C2CCCCC2)cc1. The van der Waals surface area contributed by atoms with Gasteiger partial charge in [0.25, 0.3) is 10.0 Å². The lowest BCUT2D eigenvalue weighted by Crippen LogP contribution is -2.30. The van der Waals surface area contributed by atoms with E-state index in [-0.39, 0.29) is 4.90 Å². The fourth-order valence-electron chi connectivity index (χ4n) is 2.42. The van der Waals surface area contributed by atoms with Gasteiger partial charge in [-0.15, -0.1) is 0 Å². The highest BCUT2D eigenvalue weighted by molar-refractivity contribution is 7.89. The standard InChI is InChI=1S/C12H18N2O2S/c13-14-17(15,16)12-8-6-11(7-9-12)10-4-2-1-3-5-10/h6-10,14H,1-5,13H2. The third kappa shape index (κ3) is 2.86. The van der Waals surface area contributed by atoms with Crippen molar-refractivity contribution >= 4 is 10.0 Å². The summed E-state index contributed by atoms with van der Waals surface area (Å²) in [6.07, 6.45) is 6.28. The maximum atomic E-state index is 11.5. The molecule has 1 aromatic carbocycles. The molecule has 3 N–H and O–H groups in total. The number of rotatable bonds is 3. The Balaban J connectivity index is 2.18. The number of nitrogens with two attached hydrogens (primary N) is 1. The van der Waals surface area contributed by atoms with Gasteiger partial charge in [0.2, 0.25) is 0 Å². The maximum Gasteiger partial charge on any atom is 0.253 e. The molecule has 5 heteroatoms. The number of benzene rings is 1. The lowest BCUT2D eigenvalue weighted by Gasteiger charge is -2.22. The largest absolute Gasteiger partial charge is 0.257 e. The van der Waals surface area contributed by atoms with E-state index in [0.717, 1.165) is 0 Å². The van der Waals surface area contributed by atoms with E-state index < -0.39 is 10.0 Å². The van der Waals surface area contributed by atoms with Crippen molar-refractivity contribution in [2.45, 2.75) is 42.9 Å². The van der Waals surface area contributed by atoms with Crippen LogP contribution in [0.2, 0.25) is 0 Å². The van der Waals surface area contributed by atoms with Gasteiger partial charge in [0.15, 0.2) is 0 Å². The molecule has 0 radical (unpaired) electrons. The monoisotopic (exact) mass is 254 g/mol. The van der Waals surface area contributed by atoms with Gasteiger partial charge in [-0.1, -0.05) is 31.4 Å². The second-order valence-electron chi connectivity index (χ2n) is 4.53. The molecule has 0 unspecified atom stereocenters. The van der Waals surface area contributed by atoms with Crippen molar-refractivity contribution in [1.29, 1.82) is 0 Å². The molecule has 0 saturated heterocycles. The van der Waals surface area contributed by atoms with Gasteiger partial charge >= 0.3 is 0 Å². The Bertz CT molecular complexity index is 462. The summed E-state index contributed by atoms with van der Waals surface area (Å²) in [4.78, 5) is 2.05. The Labute approximate surface area is 102 Å². The zero-order valence-corrected chi connectivity index (χ0v) is 10.5. The fraction of sp³-hybridized carbons (Fsp3) is 0.500. The molecule has 4 nitrogen and oxygen atoms in total. The summed E-state index contributed by atoms with van der Waals surface area (Å²) < 4.78 is 22.9. The van der Waals surface area contributed by atoms with Crippen LogP contribution in [0.15, 0.2) is 29.2 Å². The lowest BCUT2D eigenvalue weighted by atomic mass is 9.84. The first-order valence-electron chi connectivity index (χ1n) is 5.96. The van der Waals surface area contributed by atoms with Crippen LogP contribution in [0.25, 0.3) is 0 Å². The molecular formula is C12H18N2O2S. The molecule has 0 aromatic heterocycles. The van der Waals surface area contributed by atoms with Crippen LogP contribution in [-0.4, -0.2) is 8.42 Å². The molecule has 17 heavy (non-hydrogen) atoms. The van der Waals surface area contributed by atoms with E-state index in [0.29, 0.717) is 5.92 Å². The predicted molar refractivity (Wildman–Crippen MR) is 66.8 cm³/mol. The quantitative estimate of drug-likeness (QED) is 0.639. The maximum absolute atomic E-state index is 11.5. The van der Waals surface area contributed by atoms with Crippen molar-refractivity contribution in [3.63, 3.8) is 0 Å². The van der Waals surface area contributed by atoms with Gasteiger partial charge < -0.3 is 0 Å². The minimum absolute atomic E-state index is 0.222. The zero-order valence-electron chi connectivity index (χ0n) is 9.72. The van der Waals surface area contributed by atoms with Gasteiger partial charge in [-0.05, 0) is 36.5 Å². The molecule has 0 heterocycles. The molecule has 1 saturated carbocycles. The number of sulfonamides is 1. The van der Waals surface area contributed by atoms with Gasteiger partial charge in [0, 0.05) is 0 Å². The normalized spacial score (nSPS) is 18.2. The molecule has 0 amide bonds. The van der Waals surface area contributed by atoms with Crippen molar-refractivity contribution in [3.8, 4) is 0 Å². The van der Waals surface area contributed by atoms with E-state index in [1.165, 1.54) is 37.7 Å². The summed E-state index contributed by atoms with van der Waals surface area (Å²) in [5.41, 5.74) is 1.24. The molecule has 94 valence electrons. The molecule has 1 aromatic rings. The highest BCUT2D eigenvalue weighted by Gasteiger charge is 2.17. The van der Waals surface area contributed by atoms with E-state index in [1.807, 2.05) is 17.0 Å². The summed E-state index contributed by atoms with van der Waals surface area (Å²) in [6.45, 7) is 0. The number of nitrogens with one attached hydrogen (secondary N) is 1. The summed E-state index contributed by atoms with van der Waals surface area (Å²) in [6, 6.07) is 7.05. The third-order valence-corrected chi connectivity index (χ3v) is 4.63. The van der Waals surface area contributed by atoms with Crippen LogP contribution in [0.1, 0.15) is 43.6 Å². The Morgan fingerprint density at radius 1 is 1.06 bits per heavy atom. The van der Waals surface area contributed by atoms with E-state index >= 15 is 0 Å². The molecule has 0 bridgehead atoms. The molecule has 1 aliphatic rings. The van der Waals surface area contributed by atoms with E-state index in [4.69, 9.17) is 5.84 Å². The fourth-order valence-corrected chi connectivity index (χ4v) is 3.05. The Morgan fingerprint density at radius 2 is 1.65 bits per heavy atom. The first kappa shape index (κ1) is 12.5. The number of hydrazine groups is 1. The van der Waals surface area contributed by atoms with Gasteiger partial charge in [-0.25, -0.2) is 8.42 Å². The van der Waals surface area contributed by atoms with Crippen LogP contribution in [0, 0.1) is 0 Å². The van der Waals surface area contributed by atoms with Crippen LogP contribution in [-0.2, 0) is 10.0 Å². The summed E-state index contributed by atoms with van der Waals surface area (Å²) in [5.74, 6) is 5.57. The van der Waals surface area contributed by atoms with E-state index in [9.17, 15) is 8.42 Å². The minimum atomic E-state index is -3.52. The molecule has 0 aliphatic heterocycles. The molecule has 1 aliphatic carbocycles. The van der Waals surface area contributed by atoms with Crippen molar-refractivity contribution < 1.29 is 8.42 Å². The average molecular weight is 254 g/mol. The van der Waals surface area contributed by atoms with Gasteiger partial charge in [0.1, 0.15) is 0 Å². The molecule has 0 atom stereocenters. The van der Waals surface area contributed by atoms with E-state index in [1.54, 1.807) is 12.1 Å². The van der Waals surface area contributed by atoms with Crippen LogP contribution >= 0.6 is 0 Å². The number of hydrogen-bond acceptors (Lipinski definition) is 3. The molecule has 0 spiro atoms. The summed E-state index contributed by atoms with van der Waals surface area (Å²) in [7, 11) is -3.52. The van der Waals surface area contributed by atoms with Gasteiger partial charge in [0.05, 0.1) is 4.90 Å². The second-order valence-corrected chi connectivity index (χ2v) is 6.24. The highest BCUT2D eigenvalue weighted by Crippen LogP contribution is 2.32. The first-order chi connectivity index (χ1) is 8.13. The predicted octanol–water partition coefficient (Wildman–Crippen LogP) is 1.89. The summed E-state index contributed by atoms with van der Waals surface area (Å²) in [5, 5.41) is 0. The van der Waals surface area contributed by atoms with E-state index in [2.05, 4.69) is 0 Å². The van der Waals surface area contributed by atoms with Crippen LogP contribution in [0.5, 0.6) is 0 Å². The molecule has 2 rings (SSSR count).